The van der Waals surface area contributed by atoms with Crippen LogP contribution in [-0.2, 0) is 0 Å². The molecule has 0 saturated carbocycles. The first-order chi connectivity index (χ1) is 5.57. The van der Waals surface area contributed by atoms with E-state index in [-0.39, 0.29) is 5.17 Å². The van der Waals surface area contributed by atoms with Crippen molar-refractivity contribution in [2.75, 3.05) is 0 Å². The molecule has 5 heteroatoms. The third kappa shape index (κ3) is 4.96. The van der Waals surface area contributed by atoms with Gasteiger partial charge in [-0.1, -0.05) is 17.7 Å². The SMILES string of the molecule is C\C=C/C(=N\N=C(/C)Cl)C(F)F. The van der Waals surface area contributed by atoms with Gasteiger partial charge in [0.25, 0.3) is 6.43 Å². The summed E-state index contributed by atoms with van der Waals surface area (Å²) in [6, 6.07) is 0. The van der Waals surface area contributed by atoms with Crippen molar-refractivity contribution in [2.24, 2.45) is 10.2 Å². The van der Waals surface area contributed by atoms with E-state index in [1.54, 1.807) is 6.92 Å². The highest BCUT2D eigenvalue weighted by Crippen LogP contribution is 2.00. The minimum atomic E-state index is -2.62. The minimum absolute atomic E-state index is 0.123. The molecule has 68 valence electrons. The van der Waals surface area contributed by atoms with Crippen LogP contribution in [0, 0.1) is 0 Å². The molecule has 0 rings (SSSR count). The van der Waals surface area contributed by atoms with Crippen LogP contribution in [-0.4, -0.2) is 17.3 Å². The van der Waals surface area contributed by atoms with Crippen molar-refractivity contribution < 1.29 is 8.78 Å². The van der Waals surface area contributed by atoms with Crippen LogP contribution in [0.25, 0.3) is 0 Å². The molecule has 0 atom stereocenters. The Hall–Kier alpha value is -0.770. The van der Waals surface area contributed by atoms with E-state index in [9.17, 15) is 8.78 Å². The van der Waals surface area contributed by atoms with Gasteiger partial charge in [-0.15, -0.1) is 10.2 Å². The normalized spacial score (nSPS) is 14.8. The molecule has 12 heavy (non-hydrogen) atoms. The van der Waals surface area contributed by atoms with Gasteiger partial charge in [-0.25, -0.2) is 8.78 Å². The van der Waals surface area contributed by atoms with Crippen LogP contribution >= 0.6 is 11.6 Å². The first-order valence-electron chi connectivity index (χ1n) is 3.26. The highest BCUT2D eigenvalue weighted by Gasteiger charge is 2.08. The summed E-state index contributed by atoms with van der Waals surface area (Å²) in [5.74, 6) is 0. The van der Waals surface area contributed by atoms with E-state index in [4.69, 9.17) is 11.6 Å². The van der Waals surface area contributed by atoms with Gasteiger partial charge in [0.15, 0.2) is 0 Å². The van der Waals surface area contributed by atoms with Crippen LogP contribution in [0.2, 0.25) is 0 Å². The van der Waals surface area contributed by atoms with Crippen LogP contribution in [0.4, 0.5) is 8.78 Å². The molecule has 0 spiro atoms. The Morgan fingerprint density at radius 1 is 1.42 bits per heavy atom. The average molecular weight is 195 g/mol. The fourth-order valence-corrected chi connectivity index (χ4v) is 0.485. The van der Waals surface area contributed by atoms with Gasteiger partial charge in [0, 0.05) is 0 Å². The van der Waals surface area contributed by atoms with Crippen LogP contribution in [0.15, 0.2) is 22.4 Å². The molecule has 0 radical (unpaired) electrons. The predicted octanol–water partition coefficient (Wildman–Crippen LogP) is 2.84. The summed E-state index contributed by atoms with van der Waals surface area (Å²) >= 11 is 5.30. The zero-order chi connectivity index (χ0) is 9.56. The average Bonchev–Trinajstić information content (AvgIpc) is 1.96. The summed E-state index contributed by atoms with van der Waals surface area (Å²) in [6.45, 7) is 3.08. The van der Waals surface area contributed by atoms with Crippen LogP contribution < -0.4 is 0 Å². The lowest BCUT2D eigenvalue weighted by Crippen LogP contribution is -2.06. The molecule has 0 saturated heterocycles. The molecule has 0 heterocycles. The second kappa shape index (κ2) is 5.83. The number of halogens is 3. The lowest BCUT2D eigenvalue weighted by Gasteiger charge is -1.94. The van der Waals surface area contributed by atoms with Crippen molar-refractivity contribution in [3.8, 4) is 0 Å². The van der Waals surface area contributed by atoms with E-state index in [1.807, 2.05) is 0 Å². The molecule has 0 fully saturated rings. The van der Waals surface area contributed by atoms with E-state index >= 15 is 0 Å². The molecule has 0 aliphatic heterocycles. The molecule has 0 N–H and O–H groups in total. The molecule has 0 aromatic carbocycles. The maximum atomic E-state index is 12.0. The number of hydrogen-bond acceptors (Lipinski definition) is 2. The third-order valence-corrected chi connectivity index (χ3v) is 0.940. The lowest BCUT2D eigenvalue weighted by molar-refractivity contribution is 0.226. The Morgan fingerprint density at radius 3 is 2.33 bits per heavy atom. The molecule has 0 unspecified atom stereocenters. The molecule has 0 aromatic heterocycles. The number of hydrogen-bond donors (Lipinski definition) is 0. The maximum absolute atomic E-state index is 12.0. The first-order valence-corrected chi connectivity index (χ1v) is 3.64. The standard InChI is InChI=1S/C7H9ClF2N2/c1-3-4-6(7(9)10)12-11-5(2)8/h3-4,7H,1-2H3/b4-3-,11-5+,12-6+. The Balaban J connectivity index is 4.50. The first kappa shape index (κ1) is 11.2. The monoisotopic (exact) mass is 194 g/mol. The molecule has 2 nitrogen and oxygen atoms in total. The zero-order valence-electron chi connectivity index (χ0n) is 6.76. The Labute approximate surface area is 74.6 Å². The fraction of sp³-hybridized carbons (Fsp3) is 0.429. The summed E-state index contributed by atoms with van der Waals surface area (Å²) in [7, 11) is 0. The van der Waals surface area contributed by atoms with E-state index in [2.05, 4.69) is 10.2 Å². The van der Waals surface area contributed by atoms with Gasteiger partial charge >= 0.3 is 0 Å². The highest BCUT2D eigenvalue weighted by atomic mass is 35.5. The second-order valence-corrected chi connectivity index (χ2v) is 2.47. The van der Waals surface area contributed by atoms with Crippen molar-refractivity contribution in [1.82, 2.24) is 0 Å². The Kier molecular flexibility index (Phi) is 5.45. The van der Waals surface area contributed by atoms with Gasteiger partial charge in [0.1, 0.15) is 10.9 Å². The summed E-state index contributed by atoms with van der Waals surface area (Å²) in [5, 5.41) is 6.67. The molecular weight excluding hydrogens is 186 g/mol. The van der Waals surface area contributed by atoms with Crippen LogP contribution in [0.3, 0.4) is 0 Å². The summed E-state index contributed by atoms with van der Waals surface area (Å²) in [5.41, 5.74) is -0.391. The third-order valence-electron chi connectivity index (χ3n) is 0.864. The van der Waals surface area contributed by atoms with Crippen molar-refractivity contribution in [3.63, 3.8) is 0 Å². The van der Waals surface area contributed by atoms with E-state index in [1.165, 1.54) is 19.1 Å². The molecule has 0 bridgehead atoms. The molecule has 0 amide bonds. The minimum Gasteiger partial charge on any atom is -0.203 e. The zero-order valence-corrected chi connectivity index (χ0v) is 7.52. The number of nitrogens with zero attached hydrogens (tertiary/aromatic N) is 2. The number of rotatable bonds is 3. The quantitative estimate of drug-likeness (QED) is 0.488. The van der Waals surface area contributed by atoms with Gasteiger partial charge in [0.2, 0.25) is 0 Å². The summed E-state index contributed by atoms with van der Waals surface area (Å²) in [6.07, 6.45) is 0.0268. The van der Waals surface area contributed by atoms with Gasteiger partial charge < -0.3 is 0 Å². The topological polar surface area (TPSA) is 24.7 Å². The second-order valence-electron chi connectivity index (χ2n) is 1.92. The van der Waals surface area contributed by atoms with Crippen molar-refractivity contribution >= 4 is 22.5 Å². The van der Waals surface area contributed by atoms with Gasteiger partial charge in [-0.3, -0.25) is 0 Å². The summed E-state index contributed by atoms with van der Waals surface area (Å²) in [4.78, 5) is 0. The van der Waals surface area contributed by atoms with E-state index in [0.717, 1.165) is 0 Å². The number of allylic oxidation sites excluding steroid dienone is 2. The largest absolute Gasteiger partial charge is 0.282 e. The van der Waals surface area contributed by atoms with Gasteiger partial charge in [0.05, 0.1) is 0 Å². The van der Waals surface area contributed by atoms with Crippen LogP contribution in [0.1, 0.15) is 13.8 Å². The molecule has 0 aliphatic rings. The van der Waals surface area contributed by atoms with E-state index in [0.29, 0.717) is 0 Å². The van der Waals surface area contributed by atoms with Crippen molar-refractivity contribution in [3.05, 3.63) is 12.2 Å². The molecule has 0 aliphatic carbocycles. The fourth-order valence-electron chi connectivity index (χ4n) is 0.447. The van der Waals surface area contributed by atoms with Crippen molar-refractivity contribution in [1.29, 1.82) is 0 Å². The van der Waals surface area contributed by atoms with E-state index < -0.39 is 12.1 Å². The number of alkyl halides is 2. The molecule has 0 aromatic rings. The lowest BCUT2D eigenvalue weighted by atomic mass is 10.3. The van der Waals surface area contributed by atoms with Crippen LogP contribution in [0.5, 0.6) is 0 Å². The highest BCUT2D eigenvalue weighted by molar-refractivity contribution is 6.64. The summed E-state index contributed by atoms with van der Waals surface area (Å²) < 4.78 is 24.1. The predicted molar refractivity (Wildman–Crippen MR) is 47.2 cm³/mol. The Bertz CT molecular complexity index is 217. The maximum Gasteiger partial charge on any atom is 0.282 e. The van der Waals surface area contributed by atoms with Gasteiger partial charge in [-0.05, 0) is 19.9 Å². The van der Waals surface area contributed by atoms with Crippen molar-refractivity contribution in [2.45, 2.75) is 20.3 Å². The van der Waals surface area contributed by atoms with Gasteiger partial charge in [-0.2, -0.15) is 0 Å². The molecular formula is C7H9ClF2N2. The Morgan fingerprint density at radius 2 is 2.00 bits per heavy atom. The smallest absolute Gasteiger partial charge is 0.203 e.